The Morgan fingerprint density at radius 2 is 2.36 bits per heavy atom. The van der Waals surface area contributed by atoms with Crippen LogP contribution in [0.15, 0.2) is 12.2 Å². The number of amides is 1. The van der Waals surface area contributed by atoms with Crippen LogP contribution in [-0.4, -0.2) is 29.6 Å². The van der Waals surface area contributed by atoms with Gasteiger partial charge in [-0.15, -0.1) is 0 Å². The zero-order chi connectivity index (χ0) is 8.10. The molecule has 0 bridgehead atoms. The maximum Gasteiger partial charge on any atom is 0.223 e. The Bertz CT molecular complexity index is 167. The molecule has 0 saturated heterocycles. The molecule has 0 spiro atoms. The van der Waals surface area contributed by atoms with E-state index < -0.39 is 0 Å². The molecule has 0 aliphatic carbocycles. The van der Waals surface area contributed by atoms with Crippen LogP contribution in [-0.2, 0) is 4.79 Å². The average Bonchev–Trinajstić information content (AvgIpc) is 2.07. The van der Waals surface area contributed by atoms with Gasteiger partial charge >= 0.3 is 0 Å². The Balaban J connectivity index is 2.34. The summed E-state index contributed by atoms with van der Waals surface area (Å²) < 4.78 is 0. The molecule has 0 aromatic heterocycles. The highest BCUT2D eigenvalue weighted by atomic mass is 32.1. The molecule has 0 unspecified atom stereocenters. The molecular formula is C8H13NOS. The lowest BCUT2D eigenvalue weighted by Gasteiger charge is -2.22. The van der Waals surface area contributed by atoms with Crippen molar-refractivity contribution >= 4 is 18.5 Å². The van der Waals surface area contributed by atoms with Gasteiger partial charge in [-0.3, -0.25) is 4.79 Å². The normalized spacial score (nSPS) is 17.0. The van der Waals surface area contributed by atoms with E-state index in [4.69, 9.17) is 0 Å². The van der Waals surface area contributed by atoms with Gasteiger partial charge < -0.3 is 4.90 Å². The smallest absolute Gasteiger partial charge is 0.223 e. The third kappa shape index (κ3) is 2.58. The SMILES string of the molecule is O=C(CCS)N1CC=CCC1. The van der Waals surface area contributed by atoms with E-state index in [2.05, 4.69) is 18.7 Å². The maximum atomic E-state index is 11.2. The quantitative estimate of drug-likeness (QED) is 0.487. The summed E-state index contributed by atoms with van der Waals surface area (Å²) in [4.78, 5) is 13.1. The fourth-order valence-corrected chi connectivity index (χ4v) is 1.31. The van der Waals surface area contributed by atoms with Crippen LogP contribution in [0.4, 0.5) is 0 Å². The minimum atomic E-state index is 0.226. The molecule has 1 rings (SSSR count). The Hall–Kier alpha value is -0.440. The Morgan fingerprint density at radius 3 is 2.91 bits per heavy atom. The predicted molar refractivity (Wildman–Crippen MR) is 48.8 cm³/mol. The van der Waals surface area contributed by atoms with Gasteiger partial charge in [0, 0.05) is 19.5 Å². The van der Waals surface area contributed by atoms with Crippen molar-refractivity contribution in [1.82, 2.24) is 4.90 Å². The highest BCUT2D eigenvalue weighted by Gasteiger charge is 2.11. The minimum Gasteiger partial charge on any atom is -0.339 e. The molecule has 1 heterocycles. The molecular weight excluding hydrogens is 158 g/mol. The molecule has 0 saturated carbocycles. The molecule has 0 aromatic carbocycles. The largest absolute Gasteiger partial charge is 0.339 e. The number of hydrogen-bond acceptors (Lipinski definition) is 2. The first-order chi connectivity index (χ1) is 5.34. The van der Waals surface area contributed by atoms with E-state index in [0.29, 0.717) is 12.2 Å². The van der Waals surface area contributed by atoms with E-state index in [9.17, 15) is 4.79 Å². The van der Waals surface area contributed by atoms with Gasteiger partial charge in [0.15, 0.2) is 0 Å². The fourth-order valence-electron chi connectivity index (χ4n) is 1.12. The average molecular weight is 171 g/mol. The van der Waals surface area contributed by atoms with Crippen LogP contribution in [0.2, 0.25) is 0 Å². The fraction of sp³-hybridized carbons (Fsp3) is 0.625. The lowest BCUT2D eigenvalue weighted by atomic mass is 10.2. The number of rotatable bonds is 2. The van der Waals surface area contributed by atoms with E-state index in [-0.39, 0.29) is 5.91 Å². The van der Waals surface area contributed by atoms with Gasteiger partial charge in [-0.2, -0.15) is 12.6 Å². The van der Waals surface area contributed by atoms with Crippen molar-refractivity contribution in [2.45, 2.75) is 12.8 Å². The van der Waals surface area contributed by atoms with Gasteiger partial charge in [0.2, 0.25) is 5.91 Å². The molecule has 1 aliphatic rings. The zero-order valence-electron chi connectivity index (χ0n) is 6.49. The topological polar surface area (TPSA) is 20.3 Å². The summed E-state index contributed by atoms with van der Waals surface area (Å²) in [5, 5.41) is 0. The van der Waals surface area contributed by atoms with E-state index in [0.717, 1.165) is 19.5 Å². The number of thiol groups is 1. The number of carbonyl (C=O) groups excluding carboxylic acids is 1. The minimum absolute atomic E-state index is 0.226. The van der Waals surface area contributed by atoms with Crippen molar-refractivity contribution in [3.8, 4) is 0 Å². The number of nitrogens with zero attached hydrogens (tertiary/aromatic N) is 1. The first-order valence-electron chi connectivity index (χ1n) is 3.88. The van der Waals surface area contributed by atoms with Gasteiger partial charge in [-0.1, -0.05) is 12.2 Å². The van der Waals surface area contributed by atoms with Crippen LogP contribution >= 0.6 is 12.6 Å². The second-order valence-electron chi connectivity index (χ2n) is 2.57. The summed E-state index contributed by atoms with van der Waals surface area (Å²) in [6.07, 6.45) is 5.72. The van der Waals surface area contributed by atoms with Crippen molar-refractivity contribution in [1.29, 1.82) is 0 Å². The summed E-state index contributed by atoms with van der Waals surface area (Å²) >= 11 is 4.01. The predicted octanol–water partition coefficient (Wildman–Crippen LogP) is 1.09. The first-order valence-corrected chi connectivity index (χ1v) is 4.51. The molecule has 1 aliphatic heterocycles. The van der Waals surface area contributed by atoms with Gasteiger partial charge in [0.25, 0.3) is 0 Å². The second kappa shape index (κ2) is 4.44. The van der Waals surface area contributed by atoms with Gasteiger partial charge in [-0.05, 0) is 12.2 Å². The molecule has 0 radical (unpaired) electrons. The van der Waals surface area contributed by atoms with Crippen molar-refractivity contribution < 1.29 is 4.79 Å². The van der Waals surface area contributed by atoms with E-state index in [1.54, 1.807) is 0 Å². The second-order valence-corrected chi connectivity index (χ2v) is 3.02. The summed E-state index contributed by atoms with van der Waals surface area (Å²) in [5.41, 5.74) is 0. The van der Waals surface area contributed by atoms with Crippen molar-refractivity contribution in [2.75, 3.05) is 18.8 Å². The highest BCUT2D eigenvalue weighted by Crippen LogP contribution is 2.03. The van der Waals surface area contributed by atoms with E-state index >= 15 is 0 Å². The van der Waals surface area contributed by atoms with Crippen LogP contribution in [0.25, 0.3) is 0 Å². The van der Waals surface area contributed by atoms with Gasteiger partial charge in [0.1, 0.15) is 0 Å². The van der Waals surface area contributed by atoms with Crippen LogP contribution in [0.1, 0.15) is 12.8 Å². The maximum absolute atomic E-state index is 11.2. The van der Waals surface area contributed by atoms with E-state index in [1.165, 1.54) is 0 Å². The van der Waals surface area contributed by atoms with Crippen LogP contribution in [0, 0.1) is 0 Å². The molecule has 11 heavy (non-hydrogen) atoms. The summed E-state index contributed by atoms with van der Waals surface area (Å²) in [5.74, 6) is 0.878. The summed E-state index contributed by atoms with van der Waals surface area (Å²) in [7, 11) is 0. The molecule has 3 heteroatoms. The molecule has 0 atom stereocenters. The molecule has 0 aromatic rings. The Labute approximate surface area is 72.7 Å². The van der Waals surface area contributed by atoms with E-state index in [1.807, 2.05) is 11.0 Å². The molecule has 0 N–H and O–H groups in total. The third-order valence-electron chi connectivity index (χ3n) is 1.74. The van der Waals surface area contributed by atoms with Crippen molar-refractivity contribution in [3.63, 3.8) is 0 Å². The Morgan fingerprint density at radius 1 is 1.55 bits per heavy atom. The van der Waals surface area contributed by atoms with Gasteiger partial charge in [-0.25, -0.2) is 0 Å². The highest BCUT2D eigenvalue weighted by molar-refractivity contribution is 7.80. The van der Waals surface area contributed by atoms with Crippen LogP contribution in [0.3, 0.4) is 0 Å². The van der Waals surface area contributed by atoms with Crippen molar-refractivity contribution in [2.24, 2.45) is 0 Å². The molecule has 1 amide bonds. The molecule has 2 nitrogen and oxygen atoms in total. The Kier molecular flexibility index (Phi) is 3.49. The molecule has 0 fully saturated rings. The lowest BCUT2D eigenvalue weighted by molar-refractivity contribution is -0.130. The standard InChI is InChI=1S/C8H13NOS/c10-8(4-7-11)9-5-2-1-3-6-9/h1-2,11H,3-7H2. The number of carbonyl (C=O) groups is 1. The first kappa shape index (κ1) is 8.65. The van der Waals surface area contributed by atoms with Crippen molar-refractivity contribution in [3.05, 3.63) is 12.2 Å². The third-order valence-corrected chi connectivity index (χ3v) is 1.96. The van der Waals surface area contributed by atoms with Crippen LogP contribution < -0.4 is 0 Å². The number of hydrogen-bond donors (Lipinski definition) is 1. The van der Waals surface area contributed by atoms with Gasteiger partial charge in [0.05, 0.1) is 0 Å². The summed E-state index contributed by atoms with van der Waals surface area (Å²) in [6.45, 7) is 1.66. The zero-order valence-corrected chi connectivity index (χ0v) is 7.39. The van der Waals surface area contributed by atoms with Crippen LogP contribution in [0.5, 0.6) is 0 Å². The summed E-state index contributed by atoms with van der Waals surface area (Å²) in [6, 6.07) is 0. The lowest BCUT2D eigenvalue weighted by Crippen LogP contribution is -2.33. The monoisotopic (exact) mass is 171 g/mol. The molecule has 62 valence electrons.